The lowest BCUT2D eigenvalue weighted by molar-refractivity contribution is -0.161. The van der Waals surface area contributed by atoms with Crippen molar-refractivity contribution in [2.75, 3.05) is 39.6 Å². The van der Waals surface area contributed by atoms with Crippen LogP contribution in [0.4, 0.5) is 0 Å². The number of phosphoric ester groups is 2. The molecule has 101 heavy (non-hydrogen) atoms. The number of hydrogen-bond donors (Lipinski definition) is 3. The molecule has 0 aliphatic heterocycles. The summed E-state index contributed by atoms with van der Waals surface area (Å²) >= 11 is 0. The predicted octanol–water partition coefficient (Wildman–Crippen LogP) is 24.1. The zero-order chi connectivity index (χ0) is 74.4. The van der Waals surface area contributed by atoms with Crippen molar-refractivity contribution in [2.45, 2.75) is 420 Å². The van der Waals surface area contributed by atoms with Crippen LogP contribution in [-0.2, 0) is 65.4 Å². The molecule has 7 atom stereocenters. The van der Waals surface area contributed by atoms with Crippen molar-refractivity contribution in [1.82, 2.24) is 0 Å². The molecule has 19 heteroatoms. The van der Waals surface area contributed by atoms with Gasteiger partial charge in [0, 0.05) is 25.7 Å². The number of rotatable bonds is 78. The Bertz CT molecular complexity index is 2060. The van der Waals surface area contributed by atoms with Crippen LogP contribution in [0, 0.1) is 17.8 Å². The van der Waals surface area contributed by atoms with E-state index in [1.807, 2.05) is 0 Å². The van der Waals surface area contributed by atoms with Crippen LogP contribution in [0.1, 0.15) is 402 Å². The Morgan fingerprint density at radius 1 is 0.327 bits per heavy atom. The van der Waals surface area contributed by atoms with Crippen LogP contribution < -0.4 is 0 Å². The van der Waals surface area contributed by atoms with Crippen LogP contribution >= 0.6 is 15.6 Å². The van der Waals surface area contributed by atoms with E-state index >= 15 is 0 Å². The standard InChI is InChI=1S/C82H156O17P2/c1-8-11-12-13-14-15-16-17-18-25-30-35-42-49-56-63-79(84)92-69-77(98-81(86)65-58-51-43-36-31-26-21-19-23-28-33-40-47-54-61-74(6)9-2)71-96-100(88,89)94-67-76(83)68-95-101(90,91)97-72-78(70-93-80(85)64-57-50-45-38-39-46-53-60-73(4)5)99-82(87)66-59-52-44-37-32-27-22-20-24-29-34-41-48-55-62-75(7)10-3/h15-18,73-78,83H,8-14,19-72H2,1-7H3,(H,88,89)(H,90,91)/b16-15-,18-17-/t74?,75?,76?,77-,78-/m1/s1. The summed E-state index contributed by atoms with van der Waals surface area (Å²) in [7, 11) is -9.93. The minimum Gasteiger partial charge on any atom is -0.462 e. The van der Waals surface area contributed by atoms with Gasteiger partial charge in [-0.25, -0.2) is 9.13 Å². The second-order valence-electron chi connectivity index (χ2n) is 29.8. The van der Waals surface area contributed by atoms with Gasteiger partial charge in [-0.2, -0.15) is 0 Å². The van der Waals surface area contributed by atoms with E-state index in [9.17, 15) is 43.2 Å². The molecule has 0 aromatic heterocycles. The van der Waals surface area contributed by atoms with Gasteiger partial charge in [0.25, 0.3) is 0 Å². The number of aliphatic hydroxyl groups excluding tert-OH is 1. The number of carbonyl (C=O) groups excluding carboxylic acids is 4. The molecule has 0 aliphatic rings. The highest BCUT2D eigenvalue weighted by molar-refractivity contribution is 7.47. The smallest absolute Gasteiger partial charge is 0.462 e. The van der Waals surface area contributed by atoms with Gasteiger partial charge in [0.05, 0.1) is 26.4 Å². The van der Waals surface area contributed by atoms with E-state index in [-0.39, 0.29) is 25.7 Å². The summed E-state index contributed by atoms with van der Waals surface area (Å²) in [5, 5.41) is 10.6. The maximum Gasteiger partial charge on any atom is 0.472 e. The number of esters is 4. The molecular weight excluding hydrogens is 1320 g/mol. The van der Waals surface area contributed by atoms with E-state index in [2.05, 4.69) is 72.8 Å². The average molecular weight is 1480 g/mol. The van der Waals surface area contributed by atoms with Crippen molar-refractivity contribution in [2.24, 2.45) is 17.8 Å². The van der Waals surface area contributed by atoms with Crippen LogP contribution in [0.15, 0.2) is 24.3 Å². The Morgan fingerprint density at radius 2 is 0.584 bits per heavy atom. The number of ether oxygens (including phenoxy) is 4. The van der Waals surface area contributed by atoms with Gasteiger partial charge in [0.1, 0.15) is 19.3 Å². The fourth-order valence-electron chi connectivity index (χ4n) is 12.1. The van der Waals surface area contributed by atoms with Crippen molar-refractivity contribution in [1.29, 1.82) is 0 Å². The highest BCUT2D eigenvalue weighted by Crippen LogP contribution is 2.45. The number of unbranched alkanes of at least 4 members (excludes halogenated alkanes) is 41. The third kappa shape index (κ3) is 72.9. The monoisotopic (exact) mass is 1480 g/mol. The highest BCUT2D eigenvalue weighted by atomic mass is 31.2. The Kier molecular flexibility index (Phi) is 70.0. The van der Waals surface area contributed by atoms with Crippen LogP contribution in [-0.4, -0.2) is 96.7 Å². The number of carbonyl (C=O) groups is 4. The van der Waals surface area contributed by atoms with Crippen molar-refractivity contribution < 1.29 is 80.2 Å². The van der Waals surface area contributed by atoms with E-state index in [1.165, 1.54) is 186 Å². The molecule has 0 fully saturated rings. The fourth-order valence-corrected chi connectivity index (χ4v) is 13.6. The fraction of sp³-hybridized carbons (Fsp3) is 0.902. The second-order valence-corrected chi connectivity index (χ2v) is 32.7. The molecular formula is C82H156O17P2. The zero-order valence-corrected chi connectivity index (χ0v) is 67.6. The first-order chi connectivity index (χ1) is 48.8. The van der Waals surface area contributed by atoms with Gasteiger partial charge in [0.15, 0.2) is 12.2 Å². The molecule has 0 saturated carbocycles. The van der Waals surface area contributed by atoms with E-state index in [4.69, 9.17) is 37.0 Å². The molecule has 0 amide bonds. The minimum absolute atomic E-state index is 0.101. The third-order valence-corrected chi connectivity index (χ3v) is 21.1. The first kappa shape index (κ1) is 98.5. The summed E-state index contributed by atoms with van der Waals surface area (Å²) in [6.45, 7) is 11.9. The second kappa shape index (κ2) is 71.8. The van der Waals surface area contributed by atoms with Gasteiger partial charge in [-0.05, 0) is 69.1 Å². The van der Waals surface area contributed by atoms with Gasteiger partial charge in [-0.15, -0.1) is 0 Å². The topological polar surface area (TPSA) is 237 Å². The number of aliphatic hydroxyl groups is 1. The third-order valence-electron chi connectivity index (χ3n) is 19.2. The van der Waals surface area contributed by atoms with Gasteiger partial charge < -0.3 is 33.8 Å². The molecule has 0 radical (unpaired) electrons. The Labute approximate surface area is 618 Å². The molecule has 0 rings (SSSR count). The number of allylic oxidation sites excluding steroid dienone is 4. The van der Waals surface area contributed by atoms with Crippen LogP contribution in [0.3, 0.4) is 0 Å². The lowest BCUT2D eigenvalue weighted by Crippen LogP contribution is -2.30. The van der Waals surface area contributed by atoms with Crippen molar-refractivity contribution in [3.8, 4) is 0 Å². The summed E-state index contributed by atoms with van der Waals surface area (Å²) in [6.07, 6.45) is 63.2. The van der Waals surface area contributed by atoms with Crippen LogP contribution in [0.2, 0.25) is 0 Å². The number of hydrogen-bond acceptors (Lipinski definition) is 15. The van der Waals surface area contributed by atoms with Crippen molar-refractivity contribution in [3.63, 3.8) is 0 Å². The molecule has 0 spiro atoms. The van der Waals surface area contributed by atoms with Gasteiger partial charge in [0.2, 0.25) is 0 Å². The molecule has 596 valence electrons. The molecule has 0 aromatic rings. The van der Waals surface area contributed by atoms with E-state index in [1.54, 1.807) is 0 Å². The normalized spacial score (nSPS) is 14.6. The Morgan fingerprint density at radius 3 is 0.881 bits per heavy atom. The van der Waals surface area contributed by atoms with Gasteiger partial charge >= 0.3 is 39.5 Å². The summed E-state index contributed by atoms with van der Waals surface area (Å²) in [5.41, 5.74) is 0. The number of phosphoric acid groups is 2. The first-order valence-electron chi connectivity index (χ1n) is 41.7. The molecule has 0 heterocycles. The molecule has 0 aromatic carbocycles. The summed E-state index contributed by atoms with van der Waals surface area (Å²) in [4.78, 5) is 73.0. The molecule has 3 N–H and O–H groups in total. The molecule has 0 saturated heterocycles. The minimum atomic E-state index is -4.97. The highest BCUT2D eigenvalue weighted by Gasteiger charge is 2.30. The van der Waals surface area contributed by atoms with Gasteiger partial charge in [-0.1, -0.05) is 349 Å². The molecule has 5 unspecified atom stereocenters. The zero-order valence-electron chi connectivity index (χ0n) is 65.9. The first-order valence-corrected chi connectivity index (χ1v) is 44.7. The molecule has 0 aliphatic carbocycles. The van der Waals surface area contributed by atoms with E-state index < -0.39 is 97.5 Å². The molecule has 0 bridgehead atoms. The largest absolute Gasteiger partial charge is 0.472 e. The summed E-state index contributed by atoms with van der Waals surface area (Å²) in [6, 6.07) is 0. The van der Waals surface area contributed by atoms with Crippen LogP contribution in [0.5, 0.6) is 0 Å². The van der Waals surface area contributed by atoms with Crippen molar-refractivity contribution in [3.05, 3.63) is 24.3 Å². The van der Waals surface area contributed by atoms with Crippen LogP contribution in [0.25, 0.3) is 0 Å². The average Bonchev–Trinajstić information content (AvgIpc) is 0.929. The summed E-state index contributed by atoms with van der Waals surface area (Å²) < 4.78 is 68.7. The van der Waals surface area contributed by atoms with Gasteiger partial charge in [-0.3, -0.25) is 37.3 Å². The predicted molar refractivity (Wildman–Crippen MR) is 414 cm³/mol. The maximum atomic E-state index is 13.1. The van der Waals surface area contributed by atoms with E-state index in [0.717, 1.165) is 127 Å². The maximum absolute atomic E-state index is 13.1. The molecule has 17 nitrogen and oxygen atoms in total. The van der Waals surface area contributed by atoms with Crippen molar-refractivity contribution >= 4 is 39.5 Å². The summed E-state index contributed by atoms with van der Waals surface area (Å²) in [5.74, 6) is 0.251. The lowest BCUT2D eigenvalue weighted by atomic mass is 9.99. The Hall–Kier alpha value is -2.46. The van der Waals surface area contributed by atoms with E-state index in [0.29, 0.717) is 31.6 Å². The SMILES string of the molecule is CCCCCC/C=C\C=C/CCCCCCCC(=O)OC[C@H](COP(=O)(O)OCC(O)COP(=O)(O)OC[C@@H](COC(=O)CCCCCCCCCC(C)C)OC(=O)CCCCCCCCCCCCCCCCC(C)CC)OC(=O)CCCCCCCCCCCCCCCCC(C)CC. The Balaban J connectivity index is 5.28. The lowest BCUT2D eigenvalue weighted by Gasteiger charge is -2.21. The quantitative estimate of drug-likeness (QED) is 0.0169.